The van der Waals surface area contributed by atoms with Crippen LogP contribution in [0.25, 0.3) is 0 Å². The van der Waals surface area contributed by atoms with Crippen molar-refractivity contribution in [2.75, 3.05) is 19.1 Å². The normalized spacial score (nSPS) is 10.7. The predicted octanol–water partition coefficient (Wildman–Crippen LogP) is 2.29. The Morgan fingerprint density at radius 1 is 1.29 bits per heavy atom. The van der Waals surface area contributed by atoms with Gasteiger partial charge in [0.15, 0.2) is 0 Å². The fourth-order valence-electron chi connectivity index (χ4n) is 1.04. The molecule has 0 spiro atoms. The molecular weight excluding hydrogens is 220 g/mol. The first-order valence-electron chi connectivity index (χ1n) is 4.81. The number of rotatable bonds is 7. The van der Waals surface area contributed by atoms with Crippen molar-refractivity contribution in [2.24, 2.45) is 0 Å². The summed E-state index contributed by atoms with van der Waals surface area (Å²) in [6, 6.07) is 0. The van der Waals surface area contributed by atoms with Gasteiger partial charge in [-0.3, -0.25) is 0 Å². The number of nitrogens with zero attached hydrogens (tertiary/aromatic N) is 2. The molecule has 0 N–H and O–H groups in total. The smallest absolute Gasteiger partial charge is 0.118 e. The van der Waals surface area contributed by atoms with Crippen LogP contribution in [0.3, 0.4) is 0 Å². The molecule has 0 aliphatic rings. The highest BCUT2D eigenvalue weighted by atomic mass is 35.5. The zero-order valence-electron chi connectivity index (χ0n) is 8.33. The van der Waals surface area contributed by atoms with Crippen LogP contribution < -0.4 is 0 Å². The van der Waals surface area contributed by atoms with E-state index in [-0.39, 0.29) is 0 Å². The zero-order chi connectivity index (χ0) is 10.2. The minimum atomic E-state index is 0.619. The summed E-state index contributed by atoms with van der Waals surface area (Å²) in [7, 11) is 0. The van der Waals surface area contributed by atoms with E-state index in [1.807, 2.05) is 6.92 Å². The minimum absolute atomic E-state index is 0.619. The van der Waals surface area contributed by atoms with E-state index in [4.69, 9.17) is 16.3 Å². The first-order valence-corrected chi connectivity index (χ1v) is 6.17. The Hall–Kier alpha value is -0.190. The quantitative estimate of drug-likeness (QED) is 0.536. The van der Waals surface area contributed by atoms with E-state index in [0.717, 1.165) is 42.5 Å². The Morgan fingerprint density at radius 2 is 2.00 bits per heavy atom. The predicted molar refractivity (Wildman–Crippen MR) is 59.1 cm³/mol. The molecule has 0 aliphatic carbocycles. The van der Waals surface area contributed by atoms with E-state index in [0.29, 0.717) is 5.88 Å². The highest BCUT2D eigenvalue weighted by Crippen LogP contribution is 2.12. The summed E-state index contributed by atoms with van der Waals surface area (Å²) in [5, 5.41) is 10.3. The van der Waals surface area contributed by atoms with Crippen molar-refractivity contribution in [1.82, 2.24) is 10.2 Å². The van der Waals surface area contributed by atoms with Crippen LogP contribution in [0.4, 0.5) is 0 Å². The van der Waals surface area contributed by atoms with Crippen LogP contribution in [-0.4, -0.2) is 29.3 Å². The molecule has 0 radical (unpaired) electrons. The summed E-state index contributed by atoms with van der Waals surface area (Å²) in [6.45, 7) is 3.60. The van der Waals surface area contributed by atoms with Crippen LogP contribution in [-0.2, 0) is 17.6 Å². The van der Waals surface area contributed by atoms with Crippen LogP contribution in [0.5, 0.6) is 0 Å². The molecule has 1 aromatic rings. The van der Waals surface area contributed by atoms with E-state index in [1.165, 1.54) is 0 Å². The maximum absolute atomic E-state index is 5.61. The molecule has 0 amide bonds. The number of ether oxygens (including phenoxy) is 1. The molecule has 0 unspecified atom stereocenters. The minimum Gasteiger partial charge on any atom is -0.382 e. The van der Waals surface area contributed by atoms with Crippen molar-refractivity contribution < 1.29 is 4.74 Å². The number of hydrogen-bond donors (Lipinski definition) is 0. The average molecular weight is 235 g/mol. The topological polar surface area (TPSA) is 35.0 Å². The van der Waals surface area contributed by atoms with Crippen LogP contribution in [0.1, 0.15) is 23.4 Å². The Bertz CT molecular complexity index is 255. The maximum atomic E-state index is 5.61. The van der Waals surface area contributed by atoms with Crippen molar-refractivity contribution in [1.29, 1.82) is 0 Å². The van der Waals surface area contributed by atoms with Gasteiger partial charge in [-0.05, 0) is 13.3 Å². The van der Waals surface area contributed by atoms with Gasteiger partial charge in [-0.15, -0.1) is 33.1 Å². The van der Waals surface area contributed by atoms with Gasteiger partial charge in [0.25, 0.3) is 0 Å². The van der Waals surface area contributed by atoms with E-state index in [1.54, 1.807) is 11.3 Å². The zero-order valence-corrected chi connectivity index (χ0v) is 9.90. The third-order valence-corrected chi connectivity index (χ3v) is 2.93. The SMILES string of the molecule is CCOCCCc1nnc(CCCl)s1. The molecule has 80 valence electrons. The Kier molecular flexibility index (Phi) is 6.07. The lowest BCUT2D eigenvalue weighted by atomic mass is 10.3. The van der Waals surface area contributed by atoms with Crippen LogP contribution in [0.15, 0.2) is 0 Å². The summed E-state index contributed by atoms with van der Waals surface area (Å²) >= 11 is 7.26. The standard InChI is InChI=1S/C9H15ClN2OS/c1-2-13-7-3-4-8-11-12-9(14-8)5-6-10/h2-7H2,1H3. The lowest BCUT2D eigenvalue weighted by Gasteiger charge is -1.97. The fraction of sp³-hybridized carbons (Fsp3) is 0.778. The summed E-state index contributed by atoms with van der Waals surface area (Å²) in [5.74, 6) is 0.619. The van der Waals surface area contributed by atoms with Crippen LogP contribution in [0.2, 0.25) is 0 Å². The van der Waals surface area contributed by atoms with E-state index in [2.05, 4.69) is 10.2 Å². The van der Waals surface area contributed by atoms with Gasteiger partial charge in [0, 0.05) is 31.9 Å². The van der Waals surface area contributed by atoms with Gasteiger partial charge in [0.1, 0.15) is 10.0 Å². The van der Waals surface area contributed by atoms with Gasteiger partial charge in [0.2, 0.25) is 0 Å². The van der Waals surface area contributed by atoms with E-state index >= 15 is 0 Å². The summed E-state index contributed by atoms with van der Waals surface area (Å²) in [4.78, 5) is 0. The molecule has 0 bridgehead atoms. The molecule has 3 nitrogen and oxygen atoms in total. The number of aromatic nitrogens is 2. The van der Waals surface area contributed by atoms with Gasteiger partial charge < -0.3 is 4.74 Å². The molecule has 1 heterocycles. The van der Waals surface area contributed by atoms with Crippen molar-refractivity contribution in [2.45, 2.75) is 26.2 Å². The summed E-state index contributed by atoms with van der Waals surface area (Å²) in [5.41, 5.74) is 0. The number of aryl methyl sites for hydroxylation is 2. The lowest BCUT2D eigenvalue weighted by molar-refractivity contribution is 0.145. The van der Waals surface area contributed by atoms with Gasteiger partial charge in [0.05, 0.1) is 0 Å². The first kappa shape index (κ1) is 11.9. The highest BCUT2D eigenvalue weighted by Gasteiger charge is 2.02. The third kappa shape index (κ3) is 4.35. The van der Waals surface area contributed by atoms with Crippen molar-refractivity contribution >= 4 is 22.9 Å². The highest BCUT2D eigenvalue weighted by molar-refractivity contribution is 7.11. The van der Waals surface area contributed by atoms with Crippen molar-refractivity contribution in [3.63, 3.8) is 0 Å². The largest absolute Gasteiger partial charge is 0.382 e. The number of hydrogen-bond acceptors (Lipinski definition) is 4. The molecule has 5 heteroatoms. The molecular formula is C9H15ClN2OS. The molecule has 0 saturated heterocycles. The Morgan fingerprint density at radius 3 is 2.64 bits per heavy atom. The fourth-order valence-corrected chi connectivity index (χ4v) is 2.22. The summed E-state index contributed by atoms with van der Waals surface area (Å²) < 4.78 is 5.24. The van der Waals surface area contributed by atoms with E-state index < -0.39 is 0 Å². The van der Waals surface area contributed by atoms with Crippen molar-refractivity contribution in [3.05, 3.63) is 10.0 Å². The molecule has 0 aromatic carbocycles. The van der Waals surface area contributed by atoms with Gasteiger partial charge in [-0.2, -0.15) is 0 Å². The molecule has 1 rings (SSSR count). The van der Waals surface area contributed by atoms with Crippen LogP contribution in [0, 0.1) is 0 Å². The van der Waals surface area contributed by atoms with Crippen molar-refractivity contribution in [3.8, 4) is 0 Å². The molecule has 0 saturated carbocycles. The maximum Gasteiger partial charge on any atom is 0.118 e. The second-order valence-corrected chi connectivity index (χ2v) is 4.35. The lowest BCUT2D eigenvalue weighted by Crippen LogP contribution is -1.95. The monoisotopic (exact) mass is 234 g/mol. The van der Waals surface area contributed by atoms with Gasteiger partial charge >= 0.3 is 0 Å². The number of halogens is 1. The molecule has 14 heavy (non-hydrogen) atoms. The Balaban J connectivity index is 2.22. The second kappa shape index (κ2) is 7.15. The van der Waals surface area contributed by atoms with Crippen LogP contribution >= 0.6 is 22.9 Å². The summed E-state index contributed by atoms with van der Waals surface area (Å²) in [6.07, 6.45) is 2.80. The second-order valence-electron chi connectivity index (χ2n) is 2.83. The molecule has 0 aliphatic heterocycles. The molecule has 0 fully saturated rings. The molecule has 0 atom stereocenters. The van der Waals surface area contributed by atoms with Gasteiger partial charge in [-0.1, -0.05) is 0 Å². The molecule has 1 aromatic heterocycles. The van der Waals surface area contributed by atoms with E-state index in [9.17, 15) is 0 Å². The number of alkyl halides is 1. The average Bonchev–Trinajstić information content (AvgIpc) is 2.61. The Labute approximate surface area is 93.5 Å². The third-order valence-electron chi connectivity index (χ3n) is 1.70. The van der Waals surface area contributed by atoms with Gasteiger partial charge in [-0.25, -0.2) is 0 Å². The first-order chi connectivity index (χ1) is 6.86.